The van der Waals surface area contributed by atoms with E-state index in [0.29, 0.717) is 27.3 Å². The number of carbonyl (C=O) groups excluding carboxylic acids is 1. The smallest absolute Gasteiger partial charge is 0.244 e. The third-order valence-electron chi connectivity index (χ3n) is 2.97. The van der Waals surface area contributed by atoms with Crippen LogP contribution < -0.4 is 10.2 Å². The van der Waals surface area contributed by atoms with Crippen LogP contribution in [-0.4, -0.2) is 23.4 Å². The van der Waals surface area contributed by atoms with Gasteiger partial charge in [0.2, 0.25) is 5.91 Å². The molecule has 0 aliphatic carbocycles. The Balaban J connectivity index is 2.16. The van der Waals surface area contributed by atoms with Crippen LogP contribution in [0.2, 0.25) is 15.2 Å². The number of rotatable bonds is 5. The molecule has 0 fully saturated rings. The van der Waals surface area contributed by atoms with Crippen molar-refractivity contribution in [3.63, 3.8) is 0 Å². The minimum absolute atomic E-state index is 0.0191. The molecule has 0 aliphatic heterocycles. The summed E-state index contributed by atoms with van der Waals surface area (Å²) in [5, 5.41) is 13.2. The number of para-hydroxylation sites is 1. The number of likely N-dealkylation sites (N-methyl/N-ethyl adjacent to an activating group) is 1. The molecule has 5 nitrogen and oxygen atoms in total. The molecular weight excluding hydrogens is 379 g/mol. The highest BCUT2D eigenvalue weighted by Gasteiger charge is 2.20. The van der Waals surface area contributed by atoms with Gasteiger partial charge in [0.15, 0.2) is 5.15 Å². The standard InChI is InChI=1S/C14H11Cl3N4OS/c1-2-21(14-8(6-18)13(17)20-23-14)7-11(22)19-12-9(15)4-3-5-10(12)16/h3-5H,2,7H2,1H3,(H,19,22). The molecule has 0 spiro atoms. The second-order valence-corrected chi connectivity index (χ2v) is 6.35. The zero-order chi connectivity index (χ0) is 17.0. The van der Waals surface area contributed by atoms with Crippen molar-refractivity contribution in [1.29, 1.82) is 5.26 Å². The Bertz CT molecular complexity index is 752. The maximum atomic E-state index is 12.3. The summed E-state index contributed by atoms with van der Waals surface area (Å²) in [6, 6.07) is 6.96. The van der Waals surface area contributed by atoms with Gasteiger partial charge in [-0.25, -0.2) is 0 Å². The fraction of sp³-hybridized carbons (Fsp3) is 0.214. The van der Waals surface area contributed by atoms with Gasteiger partial charge in [-0.05, 0) is 30.6 Å². The van der Waals surface area contributed by atoms with E-state index in [2.05, 4.69) is 9.69 Å². The summed E-state index contributed by atoms with van der Waals surface area (Å²) in [4.78, 5) is 14.0. The van der Waals surface area contributed by atoms with Crippen LogP contribution in [0.5, 0.6) is 0 Å². The van der Waals surface area contributed by atoms with Crippen LogP contribution in [0, 0.1) is 11.3 Å². The number of halogens is 3. The Morgan fingerprint density at radius 3 is 2.61 bits per heavy atom. The van der Waals surface area contributed by atoms with Gasteiger partial charge in [-0.2, -0.15) is 9.64 Å². The van der Waals surface area contributed by atoms with Crippen LogP contribution in [0.25, 0.3) is 0 Å². The SMILES string of the molecule is CCN(CC(=O)Nc1c(Cl)cccc1Cl)c1snc(Cl)c1C#N. The second-order valence-electron chi connectivity index (χ2n) is 4.42. The Hall–Kier alpha value is -1.52. The summed E-state index contributed by atoms with van der Waals surface area (Å²) in [6.07, 6.45) is 0. The van der Waals surface area contributed by atoms with E-state index in [1.807, 2.05) is 13.0 Å². The third kappa shape index (κ3) is 4.06. The van der Waals surface area contributed by atoms with Gasteiger partial charge in [0.1, 0.15) is 16.6 Å². The van der Waals surface area contributed by atoms with Gasteiger partial charge in [-0.1, -0.05) is 40.9 Å². The fourth-order valence-corrected chi connectivity index (χ4v) is 3.45. The normalized spacial score (nSPS) is 10.2. The van der Waals surface area contributed by atoms with Crippen molar-refractivity contribution in [2.24, 2.45) is 0 Å². The Morgan fingerprint density at radius 2 is 2.04 bits per heavy atom. The van der Waals surface area contributed by atoms with E-state index in [0.717, 1.165) is 11.5 Å². The molecule has 1 amide bonds. The van der Waals surface area contributed by atoms with Crippen molar-refractivity contribution in [2.45, 2.75) is 6.92 Å². The van der Waals surface area contributed by atoms with Gasteiger partial charge in [-0.3, -0.25) is 4.79 Å². The zero-order valence-electron chi connectivity index (χ0n) is 11.9. The molecule has 0 radical (unpaired) electrons. The van der Waals surface area contributed by atoms with Crippen LogP contribution in [0.1, 0.15) is 12.5 Å². The minimum Gasteiger partial charge on any atom is -0.352 e. The number of carbonyl (C=O) groups is 1. The van der Waals surface area contributed by atoms with Gasteiger partial charge in [-0.15, -0.1) is 0 Å². The van der Waals surface area contributed by atoms with Crippen LogP contribution in [0.4, 0.5) is 10.7 Å². The average Bonchev–Trinajstić information content (AvgIpc) is 2.89. The van der Waals surface area contributed by atoms with Gasteiger partial charge >= 0.3 is 0 Å². The lowest BCUT2D eigenvalue weighted by molar-refractivity contribution is -0.115. The lowest BCUT2D eigenvalue weighted by Crippen LogP contribution is -2.33. The Kier molecular flexibility index (Phi) is 6.08. The minimum atomic E-state index is -0.310. The highest BCUT2D eigenvalue weighted by Crippen LogP contribution is 2.32. The number of hydrogen-bond donors (Lipinski definition) is 1. The van der Waals surface area contributed by atoms with Crippen LogP contribution in [0.15, 0.2) is 18.2 Å². The van der Waals surface area contributed by atoms with Crippen molar-refractivity contribution < 1.29 is 4.79 Å². The van der Waals surface area contributed by atoms with Gasteiger partial charge in [0.05, 0.1) is 22.3 Å². The maximum absolute atomic E-state index is 12.3. The van der Waals surface area contributed by atoms with Crippen molar-refractivity contribution >= 4 is 62.9 Å². The summed E-state index contributed by atoms with van der Waals surface area (Å²) in [5.41, 5.74) is 0.627. The van der Waals surface area contributed by atoms with Gasteiger partial charge < -0.3 is 10.2 Å². The van der Waals surface area contributed by atoms with E-state index in [4.69, 9.17) is 40.1 Å². The summed E-state index contributed by atoms with van der Waals surface area (Å²) >= 11 is 19.0. The molecule has 1 aromatic heterocycles. The molecule has 0 saturated carbocycles. The second kappa shape index (κ2) is 7.84. The topological polar surface area (TPSA) is 69.0 Å². The molecule has 0 saturated heterocycles. The Morgan fingerprint density at radius 1 is 1.39 bits per heavy atom. The quantitative estimate of drug-likeness (QED) is 0.820. The summed E-state index contributed by atoms with van der Waals surface area (Å²) < 4.78 is 3.94. The van der Waals surface area contributed by atoms with Crippen LogP contribution in [-0.2, 0) is 4.79 Å². The van der Waals surface area contributed by atoms with E-state index in [9.17, 15) is 4.79 Å². The highest BCUT2D eigenvalue weighted by molar-refractivity contribution is 7.10. The van der Waals surface area contributed by atoms with Crippen molar-refractivity contribution in [1.82, 2.24) is 4.37 Å². The third-order valence-corrected chi connectivity index (χ3v) is 4.89. The molecule has 2 aromatic rings. The van der Waals surface area contributed by atoms with Crippen LogP contribution >= 0.6 is 46.3 Å². The van der Waals surface area contributed by atoms with E-state index in [1.165, 1.54) is 0 Å². The van der Waals surface area contributed by atoms with Crippen molar-refractivity contribution in [2.75, 3.05) is 23.3 Å². The first-order valence-electron chi connectivity index (χ1n) is 6.52. The molecule has 0 bridgehead atoms. The predicted molar refractivity (Wildman–Crippen MR) is 94.8 cm³/mol. The lowest BCUT2D eigenvalue weighted by Gasteiger charge is -2.20. The van der Waals surface area contributed by atoms with E-state index in [-0.39, 0.29) is 23.2 Å². The van der Waals surface area contributed by atoms with Crippen molar-refractivity contribution in [3.05, 3.63) is 39.0 Å². The molecule has 9 heteroatoms. The van der Waals surface area contributed by atoms with E-state index < -0.39 is 0 Å². The number of amides is 1. The lowest BCUT2D eigenvalue weighted by atomic mass is 10.3. The van der Waals surface area contributed by atoms with E-state index in [1.54, 1.807) is 23.1 Å². The first-order valence-corrected chi connectivity index (χ1v) is 8.42. The predicted octanol–water partition coefficient (Wildman–Crippen LogP) is 4.44. The highest BCUT2D eigenvalue weighted by atomic mass is 35.5. The molecule has 0 unspecified atom stereocenters. The number of anilines is 2. The monoisotopic (exact) mass is 388 g/mol. The van der Waals surface area contributed by atoms with Crippen LogP contribution in [0.3, 0.4) is 0 Å². The number of hydrogen-bond acceptors (Lipinski definition) is 5. The fourth-order valence-electron chi connectivity index (χ4n) is 1.87. The van der Waals surface area contributed by atoms with Crippen molar-refractivity contribution in [3.8, 4) is 6.07 Å². The summed E-state index contributed by atoms with van der Waals surface area (Å²) in [7, 11) is 0. The molecule has 23 heavy (non-hydrogen) atoms. The number of nitrogens with zero attached hydrogens (tertiary/aromatic N) is 3. The number of benzene rings is 1. The molecule has 2 rings (SSSR count). The number of nitriles is 1. The van der Waals surface area contributed by atoms with Gasteiger partial charge in [0.25, 0.3) is 0 Å². The molecule has 1 N–H and O–H groups in total. The number of aromatic nitrogens is 1. The Labute approximate surface area is 152 Å². The molecule has 1 aromatic carbocycles. The van der Waals surface area contributed by atoms with E-state index >= 15 is 0 Å². The molecule has 0 atom stereocenters. The summed E-state index contributed by atoms with van der Waals surface area (Å²) in [5.74, 6) is -0.310. The summed E-state index contributed by atoms with van der Waals surface area (Å²) in [6.45, 7) is 2.40. The number of nitrogens with one attached hydrogen (secondary N) is 1. The zero-order valence-corrected chi connectivity index (χ0v) is 15.0. The average molecular weight is 390 g/mol. The molecule has 1 heterocycles. The largest absolute Gasteiger partial charge is 0.352 e. The molecule has 120 valence electrons. The van der Waals surface area contributed by atoms with Gasteiger partial charge in [0, 0.05) is 6.54 Å². The maximum Gasteiger partial charge on any atom is 0.244 e. The first-order chi connectivity index (χ1) is 11.0. The first kappa shape index (κ1) is 17.8. The molecular formula is C14H11Cl3N4OS. The molecule has 0 aliphatic rings.